The van der Waals surface area contributed by atoms with Crippen molar-refractivity contribution in [3.8, 4) is 5.69 Å². The quantitative estimate of drug-likeness (QED) is 0.938. The van der Waals surface area contributed by atoms with Gasteiger partial charge >= 0.3 is 0 Å². The summed E-state index contributed by atoms with van der Waals surface area (Å²) in [7, 11) is 0. The van der Waals surface area contributed by atoms with Crippen LogP contribution in [-0.2, 0) is 6.54 Å². The van der Waals surface area contributed by atoms with Crippen LogP contribution in [0.1, 0.15) is 5.69 Å². The van der Waals surface area contributed by atoms with Crippen molar-refractivity contribution in [2.75, 3.05) is 26.2 Å². The van der Waals surface area contributed by atoms with Crippen LogP contribution in [0.3, 0.4) is 0 Å². The van der Waals surface area contributed by atoms with Crippen LogP contribution < -0.4 is 5.32 Å². The Balaban J connectivity index is 0.00000147. The van der Waals surface area contributed by atoms with Gasteiger partial charge in [-0.3, -0.25) is 4.90 Å². The third kappa shape index (κ3) is 3.36. The molecule has 1 fully saturated rings. The Kier molecular flexibility index (Phi) is 5.11. The molecule has 20 heavy (non-hydrogen) atoms. The molecule has 1 aromatic carbocycles. The third-order valence-corrected chi connectivity index (χ3v) is 3.39. The smallest absolute Gasteiger partial charge is 0.123 e. The molecule has 0 spiro atoms. The SMILES string of the molecule is Cl.Fc1ccc(-n2nccc2CN2CCNCC2)cc1. The highest BCUT2D eigenvalue weighted by Gasteiger charge is 2.13. The van der Waals surface area contributed by atoms with Gasteiger partial charge in [0.15, 0.2) is 0 Å². The van der Waals surface area contributed by atoms with Crippen LogP contribution in [0, 0.1) is 5.82 Å². The van der Waals surface area contributed by atoms with E-state index in [2.05, 4.69) is 15.3 Å². The first-order chi connectivity index (χ1) is 9.33. The molecule has 1 aromatic heterocycles. The lowest BCUT2D eigenvalue weighted by molar-refractivity contribution is 0.229. The Morgan fingerprint density at radius 1 is 1.10 bits per heavy atom. The topological polar surface area (TPSA) is 33.1 Å². The van der Waals surface area contributed by atoms with Gasteiger partial charge in [0.25, 0.3) is 0 Å². The number of nitrogens with zero attached hydrogens (tertiary/aromatic N) is 3. The Labute approximate surface area is 124 Å². The van der Waals surface area contributed by atoms with E-state index in [9.17, 15) is 4.39 Å². The van der Waals surface area contributed by atoms with Crippen LogP contribution in [0.15, 0.2) is 36.5 Å². The van der Waals surface area contributed by atoms with Crippen LogP contribution in [-0.4, -0.2) is 40.9 Å². The molecule has 0 radical (unpaired) electrons. The Morgan fingerprint density at radius 2 is 1.80 bits per heavy atom. The molecular weight excluding hydrogens is 279 g/mol. The number of hydrogen-bond acceptors (Lipinski definition) is 3. The second kappa shape index (κ2) is 6.83. The Morgan fingerprint density at radius 3 is 2.50 bits per heavy atom. The molecule has 2 aromatic rings. The van der Waals surface area contributed by atoms with Crippen molar-refractivity contribution in [1.29, 1.82) is 0 Å². The second-order valence-corrected chi connectivity index (χ2v) is 4.74. The van der Waals surface area contributed by atoms with E-state index in [-0.39, 0.29) is 18.2 Å². The summed E-state index contributed by atoms with van der Waals surface area (Å²) in [5.74, 6) is -0.223. The summed E-state index contributed by atoms with van der Waals surface area (Å²) in [5, 5.41) is 7.67. The molecule has 1 N–H and O–H groups in total. The van der Waals surface area contributed by atoms with E-state index in [4.69, 9.17) is 0 Å². The number of benzene rings is 1. The van der Waals surface area contributed by atoms with Gasteiger partial charge in [-0.15, -0.1) is 12.4 Å². The van der Waals surface area contributed by atoms with Gasteiger partial charge in [-0.2, -0.15) is 5.10 Å². The molecule has 2 heterocycles. The minimum Gasteiger partial charge on any atom is -0.314 e. The van der Waals surface area contributed by atoms with Crippen molar-refractivity contribution >= 4 is 12.4 Å². The summed E-state index contributed by atoms with van der Waals surface area (Å²) < 4.78 is 14.8. The molecule has 0 aliphatic carbocycles. The van der Waals surface area contributed by atoms with E-state index in [0.717, 1.165) is 44.1 Å². The molecule has 108 valence electrons. The zero-order valence-electron chi connectivity index (χ0n) is 11.1. The van der Waals surface area contributed by atoms with Gasteiger partial charge in [-0.25, -0.2) is 9.07 Å². The van der Waals surface area contributed by atoms with Crippen molar-refractivity contribution < 1.29 is 4.39 Å². The molecule has 0 amide bonds. The van der Waals surface area contributed by atoms with Gasteiger partial charge in [0.1, 0.15) is 5.82 Å². The van der Waals surface area contributed by atoms with Crippen molar-refractivity contribution in [2.24, 2.45) is 0 Å². The summed E-state index contributed by atoms with van der Waals surface area (Å²) >= 11 is 0. The van der Waals surface area contributed by atoms with Crippen LogP contribution in [0.25, 0.3) is 5.69 Å². The van der Waals surface area contributed by atoms with Crippen LogP contribution >= 0.6 is 12.4 Å². The third-order valence-electron chi connectivity index (χ3n) is 3.39. The van der Waals surface area contributed by atoms with Gasteiger partial charge < -0.3 is 5.32 Å². The van der Waals surface area contributed by atoms with Gasteiger partial charge in [0.2, 0.25) is 0 Å². The van der Waals surface area contributed by atoms with Crippen molar-refractivity contribution in [3.63, 3.8) is 0 Å². The number of aromatic nitrogens is 2. The number of piperazine rings is 1. The van der Waals surface area contributed by atoms with E-state index < -0.39 is 0 Å². The predicted octanol–water partition coefficient (Wildman–Crippen LogP) is 1.84. The van der Waals surface area contributed by atoms with E-state index in [1.54, 1.807) is 18.3 Å². The van der Waals surface area contributed by atoms with Crippen molar-refractivity contribution in [1.82, 2.24) is 20.0 Å². The molecule has 4 nitrogen and oxygen atoms in total. The standard InChI is InChI=1S/C14H17FN4.ClH/c15-12-1-3-13(4-2-12)19-14(5-6-17-19)11-18-9-7-16-8-10-18;/h1-6,16H,7-11H2;1H. The number of hydrogen-bond donors (Lipinski definition) is 1. The first kappa shape index (κ1) is 15.0. The molecular formula is C14H18ClFN4. The molecule has 1 aliphatic heterocycles. The summed E-state index contributed by atoms with van der Waals surface area (Å²) in [6, 6.07) is 8.45. The molecule has 0 unspecified atom stereocenters. The number of rotatable bonds is 3. The lowest BCUT2D eigenvalue weighted by Crippen LogP contribution is -2.43. The average Bonchev–Trinajstić information content (AvgIpc) is 2.89. The molecule has 6 heteroatoms. The summed E-state index contributed by atoms with van der Waals surface area (Å²) in [6.45, 7) is 5.04. The zero-order valence-corrected chi connectivity index (χ0v) is 11.9. The Bertz CT molecular complexity index is 534. The zero-order chi connectivity index (χ0) is 13.1. The molecule has 3 rings (SSSR count). The van der Waals surface area contributed by atoms with E-state index >= 15 is 0 Å². The molecule has 0 bridgehead atoms. The number of nitrogens with one attached hydrogen (secondary N) is 1. The summed E-state index contributed by atoms with van der Waals surface area (Å²) in [6.07, 6.45) is 1.79. The van der Waals surface area contributed by atoms with Crippen molar-refractivity contribution in [3.05, 3.63) is 48.0 Å². The molecule has 1 saturated heterocycles. The highest BCUT2D eigenvalue weighted by Crippen LogP contribution is 2.13. The van der Waals surface area contributed by atoms with Crippen molar-refractivity contribution in [2.45, 2.75) is 6.54 Å². The highest BCUT2D eigenvalue weighted by atomic mass is 35.5. The maximum Gasteiger partial charge on any atom is 0.123 e. The fourth-order valence-electron chi connectivity index (χ4n) is 2.36. The van der Waals surface area contributed by atoms with Gasteiger partial charge in [-0.1, -0.05) is 0 Å². The van der Waals surface area contributed by atoms with E-state index in [0.29, 0.717) is 0 Å². The second-order valence-electron chi connectivity index (χ2n) is 4.74. The summed E-state index contributed by atoms with van der Waals surface area (Å²) in [4.78, 5) is 2.40. The highest BCUT2D eigenvalue weighted by molar-refractivity contribution is 5.85. The normalized spacial score (nSPS) is 15.8. The Hall–Kier alpha value is -1.43. The lowest BCUT2D eigenvalue weighted by Gasteiger charge is -2.27. The fourth-order valence-corrected chi connectivity index (χ4v) is 2.36. The minimum absolute atomic E-state index is 0. The number of halogens is 2. The molecule has 0 saturated carbocycles. The summed E-state index contributed by atoms with van der Waals surface area (Å²) in [5.41, 5.74) is 2.03. The fraction of sp³-hybridized carbons (Fsp3) is 0.357. The largest absolute Gasteiger partial charge is 0.314 e. The molecule has 0 atom stereocenters. The maximum atomic E-state index is 13.0. The lowest BCUT2D eigenvalue weighted by atomic mass is 10.3. The van der Waals surface area contributed by atoms with Crippen LogP contribution in [0.5, 0.6) is 0 Å². The molecule has 1 aliphatic rings. The van der Waals surface area contributed by atoms with E-state index in [1.807, 2.05) is 10.7 Å². The predicted molar refractivity (Wildman–Crippen MR) is 78.9 cm³/mol. The van der Waals surface area contributed by atoms with Gasteiger partial charge in [0.05, 0.1) is 11.4 Å². The van der Waals surface area contributed by atoms with E-state index in [1.165, 1.54) is 12.1 Å². The van der Waals surface area contributed by atoms with Crippen LogP contribution in [0.4, 0.5) is 4.39 Å². The monoisotopic (exact) mass is 296 g/mol. The van der Waals surface area contributed by atoms with Gasteiger partial charge in [0, 0.05) is 38.9 Å². The van der Waals surface area contributed by atoms with Crippen LogP contribution in [0.2, 0.25) is 0 Å². The minimum atomic E-state index is -0.223. The first-order valence-corrected chi connectivity index (χ1v) is 6.55. The van der Waals surface area contributed by atoms with Gasteiger partial charge in [-0.05, 0) is 30.3 Å². The maximum absolute atomic E-state index is 13.0. The average molecular weight is 297 g/mol. The first-order valence-electron chi connectivity index (χ1n) is 6.55.